The predicted molar refractivity (Wildman–Crippen MR) is 108 cm³/mol. The molecule has 0 radical (unpaired) electrons. The van der Waals surface area contributed by atoms with Crippen molar-refractivity contribution in [3.63, 3.8) is 0 Å². The van der Waals surface area contributed by atoms with E-state index < -0.39 is 0 Å². The van der Waals surface area contributed by atoms with E-state index in [0.717, 1.165) is 35.3 Å². The third kappa shape index (κ3) is 3.48. The van der Waals surface area contributed by atoms with Gasteiger partial charge in [-0.1, -0.05) is 30.8 Å². The third-order valence-electron chi connectivity index (χ3n) is 5.33. The van der Waals surface area contributed by atoms with Crippen molar-refractivity contribution in [2.24, 2.45) is 7.05 Å². The normalized spacial score (nSPS) is 16.4. The summed E-state index contributed by atoms with van der Waals surface area (Å²) >= 11 is 0. The largest absolute Gasteiger partial charge is 0.339 e. The van der Waals surface area contributed by atoms with E-state index in [-0.39, 0.29) is 17.6 Å². The highest BCUT2D eigenvalue weighted by Gasteiger charge is 2.28. The van der Waals surface area contributed by atoms with E-state index in [1.807, 2.05) is 24.2 Å². The lowest BCUT2D eigenvalue weighted by Crippen LogP contribution is -2.26. The van der Waals surface area contributed by atoms with Crippen molar-refractivity contribution < 1.29 is 9.18 Å². The molecule has 3 aromatic rings. The molecule has 2 aromatic carbocycles. The molecule has 1 saturated heterocycles. The average molecular weight is 375 g/mol. The Hall–Kier alpha value is -3.21. The monoisotopic (exact) mass is 375 g/mol. The molecule has 28 heavy (non-hydrogen) atoms. The van der Waals surface area contributed by atoms with Gasteiger partial charge in [-0.2, -0.15) is 5.10 Å². The summed E-state index contributed by atoms with van der Waals surface area (Å²) in [6.07, 6.45) is 4.21. The van der Waals surface area contributed by atoms with Crippen molar-refractivity contribution in [2.45, 2.75) is 12.3 Å². The first-order chi connectivity index (χ1) is 13.5. The van der Waals surface area contributed by atoms with Crippen LogP contribution in [0.3, 0.4) is 0 Å². The van der Waals surface area contributed by atoms with Gasteiger partial charge in [-0.3, -0.25) is 9.48 Å². The van der Waals surface area contributed by atoms with Crippen LogP contribution in [0.5, 0.6) is 0 Å². The van der Waals surface area contributed by atoms with Crippen molar-refractivity contribution >= 4 is 5.91 Å². The summed E-state index contributed by atoms with van der Waals surface area (Å²) in [5.74, 6) is -0.0174. The van der Waals surface area contributed by atoms with Gasteiger partial charge in [0.1, 0.15) is 5.82 Å². The van der Waals surface area contributed by atoms with Gasteiger partial charge in [0, 0.05) is 37.8 Å². The van der Waals surface area contributed by atoms with Gasteiger partial charge in [-0.15, -0.1) is 0 Å². The number of benzene rings is 2. The fraction of sp³-hybridized carbons (Fsp3) is 0.217. The predicted octanol–water partition coefficient (Wildman–Crippen LogP) is 4.40. The molecule has 2 heterocycles. The highest BCUT2D eigenvalue weighted by molar-refractivity contribution is 5.87. The topological polar surface area (TPSA) is 38.1 Å². The quantitative estimate of drug-likeness (QED) is 0.634. The molecule has 1 aliphatic heterocycles. The van der Waals surface area contributed by atoms with Crippen molar-refractivity contribution in [3.8, 4) is 22.4 Å². The summed E-state index contributed by atoms with van der Waals surface area (Å²) in [6.45, 7) is 5.01. The van der Waals surface area contributed by atoms with Gasteiger partial charge in [0.15, 0.2) is 0 Å². The van der Waals surface area contributed by atoms with Crippen molar-refractivity contribution in [2.75, 3.05) is 13.1 Å². The Labute approximate surface area is 163 Å². The number of aromatic nitrogens is 2. The highest BCUT2D eigenvalue weighted by atomic mass is 19.1. The van der Waals surface area contributed by atoms with Gasteiger partial charge in [-0.05, 0) is 53.5 Å². The number of nitrogens with zero attached hydrogens (tertiary/aromatic N) is 3. The minimum absolute atomic E-state index is 0.0233. The van der Waals surface area contributed by atoms with Gasteiger partial charge in [0.25, 0.3) is 0 Å². The van der Waals surface area contributed by atoms with Crippen LogP contribution in [0.25, 0.3) is 22.4 Å². The van der Waals surface area contributed by atoms with Crippen molar-refractivity contribution in [1.82, 2.24) is 14.7 Å². The average Bonchev–Trinajstić information content (AvgIpc) is 3.37. The van der Waals surface area contributed by atoms with Gasteiger partial charge >= 0.3 is 0 Å². The molecule has 0 saturated carbocycles. The molecule has 4 rings (SSSR count). The Bertz CT molecular complexity index is 1020. The molecule has 1 atom stereocenters. The molecule has 1 unspecified atom stereocenters. The second kappa shape index (κ2) is 7.43. The summed E-state index contributed by atoms with van der Waals surface area (Å²) in [5, 5.41) is 4.59. The zero-order valence-electron chi connectivity index (χ0n) is 15.8. The molecule has 1 amide bonds. The summed E-state index contributed by atoms with van der Waals surface area (Å²) in [7, 11) is 1.90. The summed E-state index contributed by atoms with van der Waals surface area (Å²) < 4.78 is 15.1. The smallest absolute Gasteiger partial charge is 0.245 e. The number of carbonyl (C=O) groups excluding carboxylic acids is 1. The molecule has 0 bridgehead atoms. The number of likely N-dealkylation sites (tertiary alicyclic amines) is 1. The second-order valence-electron chi connectivity index (χ2n) is 7.16. The van der Waals surface area contributed by atoms with Crippen LogP contribution in [0.2, 0.25) is 0 Å². The molecule has 5 heteroatoms. The third-order valence-corrected chi connectivity index (χ3v) is 5.33. The maximum absolute atomic E-state index is 13.3. The molecular formula is C23H22FN3O. The zero-order valence-corrected chi connectivity index (χ0v) is 15.8. The number of aryl methyl sites for hydroxylation is 1. The van der Waals surface area contributed by atoms with Crippen LogP contribution in [-0.2, 0) is 11.8 Å². The maximum Gasteiger partial charge on any atom is 0.245 e. The molecular weight excluding hydrogens is 353 g/mol. The highest BCUT2D eigenvalue weighted by Crippen LogP contribution is 2.37. The molecule has 0 aliphatic carbocycles. The SMILES string of the molecule is C=CC(=O)N1CCC(c2ccc(-c3ccc(F)cc3)cc2-c2ccn(C)n2)C1. The molecule has 0 N–H and O–H groups in total. The van der Waals surface area contributed by atoms with Crippen molar-refractivity contribution in [1.29, 1.82) is 0 Å². The first kappa shape index (κ1) is 18.2. The Morgan fingerprint density at radius 2 is 1.93 bits per heavy atom. The van der Waals surface area contributed by atoms with Gasteiger partial charge in [-0.25, -0.2) is 4.39 Å². The molecule has 142 valence electrons. The summed E-state index contributed by atoms with van der Waals surface area (Å²) in [5.41, 5.74) is 5.11. The number of amides is 1. The first-order valence-corrected chi connectivity index (χ1v) is 9.36. The van der Waals surface area contributed by atoms with Crippen LogP contribution in [0.4, 0.5) is 4.39 Å². The molecule has 0 spiro atoms. The van der Waals surface area contributed by atoms with Crippen LogP contribution >= 0.6 is 0 Å². The van der Waals surface area contributed by atoms with E-state index >= 15 is 0 Å². The Balaban J connectivity index is 1.75. The minimum atomic E-state index is -0.247. The fourth-order valence-corrected chi connectivity index (χ4v) is 3.86. The van der Waals surface area contributed by atoms with E-state index in [2.05, 4.69) is 29.9 Å². The standard InChI is InChI=1S/C23H22FN3O/c1-3-23(28)27-13-10-18(15-27)20-9-6-17(16-4-7-19(24)8-5-16)14-21(20)22-11-12-26(2)25-22/h3-9,11-12,14,18H,1,10,13,15H2,2H3. The van der Waals surface area contributed by atoms with E-state index in [9.17, 15) is 9.18 Å². The van der Waals surface area contributed by atoms with E-state index in [1.54, 1.807) is 16.8 Å². The minimum Gasteiger partial charge on any atom is -0.339 e. The molecule has 1 aromatic heterocycles. The fourth-order valence-electron chi connectivity index (χ4n) is 3.86. The van der Waals surface area contributed by atoms with Crippen LogP contribution in [-0.4, -0.2) is 33.7 Å². The van der Waals surface area contributed by atoms with Crippen LogP contribution in [0.1, 0.15) is 17.9 Å². The molecule has 1 aliphatic rings. The lowest BCUT2D eigenvalue weighted by atomic mass is 9.89. The number of hydrogen-bond acceptors (Lipinski definition) is 2. The lowest BCUT2D eigenvalue weighted by molar-refractivity contribution is -0.125. The Kier molecular flexibility index (Phi) is 4.82. The van der Waals surface area contributed by atoms with E-state index in [1.165, 1.54) is 23.8 Å². The molecule has 4 nitrogen and oxygen atoms in total. The number of carbonyl (C=O) groups is 1. The molecule has 1 fully saturated rings. The number of hydrogen-bond donors (Lipinski definition) is 0. The van der Waals surface area contributed by atoms with Gasteiger partial charge in [0.05, 0.1) is 5.69 Å². The number of rotatable bonds is 4. The van der Waals surface area contributed by atoms with Gasteiger partial charge < -0.3 is 4.90 Å². The van der Waals surface area contributed by atoms with Crippen molar-refractivity contribution in [3.05, 3.63) is 78.8 Å². The maximum atomic E-state index is 13.3. The van der Waals surface area contributed by atoms with Crippen LogP contribution < -0.4 is 0 Å². The van der Waals surface area contributed by atoms with Gasteiger partial charge in [0.2, 0.25) is 5.91 Å². The lowest BCUT2D eigenvalue weighted by Gasteiger charge is -2.18. The van der Waals surface area contributed by atoms with E-state index in [4.69, 9.17) is 0 Å². The Morgan fingerprint density at radius 3 is 2.61 bits per heavy atom. The Morgan fingerprint density at radius 1 is 1.18 bits per heavy atom. The summed E-state index contributed by atoms with van der Waals surface area (Å²) in [6, 6.07) is 14.8. The van der Waals surface area contributed by atoms with Crippen LogP contribution in [0.15, 0.2) is 67.4 Å². The van der Waals surface area contributed by atoms with Crippen LogP contribution in [0, 0.1) is 5.82 Å². The number of halogens is 1. The van der Waals surface area contributed by atoms with E-state index in [0.29, 0.717) is 6.54 Å². The first-order valence-electron chi connectivity index (χ1n) is 9.36. The summed E-state index contributed by atoms with van der Waals surface area (Å²) in [4.78, 5) is 13.8. The zero-order chi connectivity index (χ0) is 19.7. The second-order valence-corrected chi connectivity index (χ2v) is 7.16.